The molecule has 5 rings (SSSR count). The molecule has 1 saturated heterocycles. The first-order chi connectivity index (χ1) is 18.6. The van der Waals surface area contributed by atoms with Crippen molar-refractivity contribution >= 4 is 29.6 Å². The normalized spacial score (nSPS) is 25.7. The Morgan fingerprint density at radius 1 is 1.05 bits per heavy atom. The fourth-order valence-electron chi connectivity index (χ4n) is 5.83. The highest BCUT2D eigenvalue weighted by Gasteiger charge is 2.28. The number of hydrogen-bond donors (Lipinski definition) is 3. The smallest absolute Gasteiger partial charge is 0.319 e. The van der Waals surface area contributed by atoms with Gasteiger partial charge in [0.15, 0.2) is 0 Å². The Balaban J connectivity index is 1.07. The van der Waals surface area contributed by atoms with Crippen molar-refractivity contribution in [3.63, 3.8) is 0 Å². The Morgan fingerprint density at radius 3 is 2.66 bits per heavy atom. The number of amides is 2. The second kappa shape index (κ2) is 13.1. The number of hydrogen-bond acceptors (Lipinski definition) is 6. The largest absolute Gasteiger partial charge is 0.494 e. The molecule has 3 atom stereocenters. The van der Waals surface area contributed by atoms with Gasteiger partial charge in [0, 0.05) is 30.0 Å². The fourth-order valence-corrected chi connectivity index (χ4v) is 5.83. The maximum atomic E-state index is 12.3. The zero-order chi connectivity index (χ0) is 26.2. The van der Waals surface area contributed by atoms with Crippen molar-refractivity contribution in [2.24, 2.45) is 15.9 Å². The van der Waals surface area contributed by atoms with E-state index in [4.69, 9.17) is 4.74 Å². The minimum absolute atomic E-state index is 0.0264. The first kappa shape index (κ1) is 26.5. The van der Waals surface area contributed by atoms with Crippen LogP contribution < -0.4 is 16.0 Å². The van der Waals surface area contributed by atoms with Crippen LogP contribution in [-0.2, 0) is 4.74 Å². The molecule has 1 aromatic carbocycles. The molecule has 0 bridgehead atoms. The van der Waals surface area contributed by atoms with Crippen molar-refractivity contribution < 1.29 is 9.53 Å². The highest BCUT2D eigenvalue weighted by atomic mass is 16.5. The first-order valence-corrected chi connectivity index (χ1v) is 14.4. The molecule has 1 aromatic rings. The third-order valence-corrected chi connectivity index (χ3v) is 8.08. The summed E-state index contributed by atoms with van der Waals surface area (Å²) < 4.78 is 6.08. The highest BCUT2D eigenvalue weighted by molar-refractivity contribution is 6.04. The monoisotopic (exact) mass is 518 g/mol. The average molecular weight is 519 g/mol. The van der Waals surface area contributed by atoms with Gasteiger partial charge < -0.3 is 25.6 Å². The Morgan fingerprint density at radius 2 is 1.84 bits per heavy atom. The van der Waals surface area contributed by atoms with Gasteiger partial charge in [0.25, 0.3) is 0 Å². The molecule has 0 spiro atoms. The van der Waals surface area contributed by atoms with Crippen LogP contribution in [0.1, 0.15) is 64.7 Å². The Kier molecular flexibility index (Phi) is 9.12. The van der Waals surface area contributed by atoms with Crippen LogP contribution in [0.4, 0.5) is 16.2 Å². The SMILES string of the molecule is CC1CCCCN1CCCOC1=CC2N=CN=C(Nc3ccc(NC(=O)NC4CCCCC4)cc3)C2C=C1. The van der Waals surface area contributed by atoms with Crippen LogP contribution in [0.5, 0.6) is 0 Å². The molecule has 2 heterocycles. The molecule has 204 valence electrons. The third-order valence-electron chi connectivity index (χ3n) is 8.08. The van der Waals surface area contributed by atoms with Crippen LogP contribution in [0.2, 0.25) is 0 Å². The number of anilines is 2. The number of ether oxygens (including phenoxy) is 1. The molecule has 0 radical (unpaired) electrons. The molecule has 2 aliphatic heterocycles. The first-order valence-electron chi connectivity index (χ1n) is 14.4. The van der Waals surface area contributed by atoms with E-state index in [1.807, 2.05) is 30.3 Å². The van der Waals surface area contributed by atoms with Gasteiger partial charge in [-0.05, 0) is 82.0 Å². The fraction of sp³-hybridized carbons (Fsp3) is 0.567. The third kappa shape index (κ3) is 7.25. The number of piperidine rings is 1. The van der Waals surface area contributed by atoms with Crippen molar-refractivity contribution in [2.45, 2.75) is 82.8 Å². The van der Waals surface area contributed by atoms with Crippen LogP contribution in [0.25, 0.3) is 0 Å². The van der Waals surface area contributed by atoms with Crippen LogP contribution in [0.15, 0.2) is 58.2 Å². The van der Waals surface area contributed by atoms with Crippen molar-refractivity contribution in [3.05, 3.63) is 48.3 Å². The molecule has 0 aromatic heterocycles. The molecule has 1 saturated carbocycles. The lowest BCUT2D eigenvalue weighted by atomic mass is 9.92. The van der Waals surface area contributed by atoms with Gasteiger partial charge in [-0.3, -0.25) is 4.99 Å². The van der Waals surface area contributed by atoms with E-state index in [2.05, 4.69) is 49.9 Å². The molecular formula is C30H42N6O2. The van der Waals surface area contributed by atoms with Crippen molar-refractivity contribution in [2.75, 3.05) is 30.3 Å². The number of benzene rings is 1. The summed E-state index contributed by atoms with van der Waals surface area (Å²) >= 11 is 0. The zero-order valence-corrected chi connectivity index (χ0v) is 22.6. The van der Waals surface area contributed by atoms with Gasteiger partial charge in [0.05, 0.1) is 18.6 Å². The predicted molar refractivity (Wildman–Crippen MR) is 155 cm³/mol. The molecule has 8 nitrogen and oxygen atoms in total. The number of aliphatic imine (C=N–C) groups is 2. The summed E-state index contributed by atoms with van der Waals surface area (Å²) in [6, 6.07) is 8.55. The summed E-state index contributed by atoms with van der Waals surface area (Å²) in [5.41, 5.74) is 1.69. The van der Waals surface area contributed by atoms with E-state index in [0.717, 1.165) is 55.4 Å². The van der Waals surface area contributed by atoms with E-state index >= 15 is 0 Å². The summed E-state index contributed by atoms with van der Waals surface area (Å²) in [6.45, 7) is 5.37. The molecule has 8 heteroatoms. The number of nitrogens with zero attached hydrogens (tertiary/aromatic N) is 3. The molecule has 2 aliphatic carbocycles. The molecule has 2 fully saturated rings. The van der Waals surface area contributed by atoms with E-state index in [1.165, 1.54) is 45.1 Å². The van der Waals surface area contributed by atoms with Crippen LogP contribution in [0, 0.1) is 5.92 Å². The summed E-state index contributed by atoms with van der Waals surface area (Å²) in [7, 11) is 0. The standard InChI is InChI=1S/C30H42N6O2/c1-22-8-5-6-17-36(22)18-7-19-38-26-15-16-27-28(20-26)31-21-32-29(27)33-24-11-13-25(14-12-24)35-30(37)34-23-9-3-2-4-10-23/h11-16,20-23,27-28H,2-10,17-19H2,1H3,(H,31,32,33)(H2,34,35,37). The molecule has 3 unspecified atom stereocenters. The van der Waals surface area contributed by atoms with Gasteiger partial charge in [0.1, 0.15) is 17.9 Å². The van der Waals surface area contributed by atoms with Crippen LogP contribution in [0.3, 0.4) is 0 Å². The number of carbonyl (C=O) groups is 1. The second-order valence-corrected chi connectivity index (χ2v) is 10.9. The Labute approximate surface area is 226 Å². The van der Waals surface area contributed by atoms with Gasteiger partial charge in [-0.1, -0.05) is 31.8 Å². The number of carbonyl (C=O) groups excluding carboxylic acids is 1. The highest BCUT2D eigenvalue weighted by Crippen LogP contribution is 2.26. The van der Waals surface area contributed by atoms with Crippen LogP contribution in [-0.4, -0.2) is 60.9 Å². The molecule has 2 amide bonds. The van der Waals surface area contributed by atoms with Gasteiger partial charge >= 0.3 is 6.03 Å². The molecule has 4 aliphatic rings. The van der Waals surface area contributed by atoms with E-state index in [9.17, 15) is 4.79 Å². The number of allylic oxidation sites excluding steroid dienone is 1. The summed E-state index contributed by atoms with van der Waals surface area (Å²) in [5, 5.41) is 9.47. The number of rotatable bonds is 8. The number of urea groups is 1. The average Bonchev–Trinajstić information content (AvgIpc) is 2.93. The summed E-state index contributed by atoms with van der Waals surface area (Å²) in [4.78, 5) is 24.0. The van der Waals surface area contributed by atoms with Crippen molar-refractivity contribution in [3.8, 4) is 0 Å². The van der Waals surface area contributed by atoms with E-state index in [-0.39, 0.29) is 24.0 Å². The lowest BCUT2D eigenvalue weighted by molar-refractivity contribution is 0.136. The molecule has 38 heavy (non-hydrogen) atoms. The van der Waals surface area contributed by atoms with E-state index in [1.54, 1.807) is 6.34 Å². The van der Waals surface area contributed by atoms with Gasteiger partial charge in [-0.15, -0.1) is 0 Å². The lowest BCUT2D eigenvalue weighted by Crippen LogP contribution is -2.39. The van der Waals surface area contributed by atoms with Crippen LogP contribution >= 0.6 is 0 Å². The Hall–Kier alpha value is -3.13. The lowest BCUT2D eigenvalue weighted by Gasteiger charge is -2.33. The predicted octanol–water partition coefficient (Wildman–Crippen LogP) is 5.71. The van der Waals surface area contributed by atoms with Crippen molar-refractivity contribution in [1.82, 2.24) is 10.2 Å². The number of likely N-dealkylation sites (tertiary alicyclic amines) is 1. The number of nitrogens with one attached hydrogen (secondary N) is 3. The second-order valence-electron chi connectivity index (χ2n) is 10.9. The topological polar surface area (TPSA) is 90.3 Å². The molecular weight excluding hydrogens is 476 g/mol. The minimum Gasteiger partial charge on any atom is -0.494 e. The number of amidine groups is 1. The number of fused-ring (bicyclic) bond motifs is 1. The summed E-state index contributed by atoms with van der Waals surface area (Å²) in [5.74, 6) is 1.78. The van der Waals surface area contributed by atoms with E-state index in [0.29, 0.717) is 6.04 Å². The quantitative estimate of drug-likeness (QED) is 0.384. The van der Waals surface area contributed by atoms with Gasteiger partial charge in [-0.2, -0.15) is 0 Å². The minimum atomic E-state index is -0.133. The maximum Gasteiger partial charge on any atom is 0.319 e. The summed E-state index contributed by atoms with van der Waals surface area (Å²) in [6.07, 6.45) is 18.7. The Bertz CT molecular complexity index is 1060. The zero-order valence-electron chi connectivity index (χ0n) is 22.6. The van der Waals surface area contributed by atoms with Gasteiger partial charge in [-0.25, -0.2) is 9.79 Å². The van der Waals surface area contributed by atoms with Crippen molar-refractivity contribution in [1.29, 1.82) is 0 Å². The van der Waals surface area contributed by atoms with E-state index < -0.39 is 0 Å². The molecule has 3 N–H and O–H groups in total. The maximum absolute atomic E-state index is 12.3. The van der Waals surface area contributed by atoms with Gasteiger partial charge in [0.2, 0.25) is 0 Å².